The van der Waals surface area contributed by atoms with Crippen molar-refractivity contribution in [3.05, 3.63) is 68.2 Å². The van der Waals surface area contributed by atoms with Crippen LogP contribution in [0.4, 0.5) is 0 Å². The minimum atomic E-state index is -0.348. The average molecular weight is 397 g/mol. The van der Waals surface area contributed by atoms with Gasteiger partial charge in [-0.15, -0.1) is 11.3 Å². The number of nitrogens with zero attached hydrogens (tertiary/aromatic N) is 1. The molecule has 0 bridgehead atoms. The zero-order valence-electron chi connectivity index (χ0n) is 15.9. The molecule has 6 heteroatoms. The summed E-state index contributed by atoms with van der Waals surface area (Å²) in [6.45, 7) is 4.62. The Bertz CT molecular complexity index is 1020. The molecule has 1 fully saturated rings. The van der Waals surface area contributed by atoms with Crippen LogP contribution in [0.15, 0.2) is 51.0 Å². The molecular weight excluding hydrogens is 372 g/mol. The van der Waals surface area contributed by atoms with Gasteiger partial charge in [0.25, 0.3) is 5.91 Å². The van der Waals surface area contributed by atoms with Gasteiger partial charge < -0.3 is 9.73 Å². The summed E-state index contributed by atoms with van der Waals surface area (Å²) in [5.41, 5.74) is 1.33. The van der Waals surface area contributed by atoms with E-state index in [9.17, 15) is 9.59 Å². The fourth-order valence-corrected chi connectivity index (χ4v) is 4.62. The zero-order chi connectivity index (χ0) is 19.5. The van der Waals surface area contributed by atoms with E-state index in [1.54, 1.807) is 17.4 Å². The van der Waals surface area contributed by atoms with Crippen LogP contribution >= 0.6 is 11.3 Å². The molecule has 0 radical (unpaired) electrons. The van der Waals surface area contributed by atoms with Crippen molar-refractivity contribution in [3.8, 4) is 0 Å². The normalized spacial score (nSPS) is 15.8. The van der Waals surface area contributed by atoms with Crippen LogP contribution < -0.4 is 10.7 Å². The smallest absolute Gasteiger partial charge is 0.287 e. The van der Waals surface area contributed by atoms with Gasteiger partial charge in [0.2, 0.25) is 0 Å². The average Bonchev–Trinajstić information content (AvgIpc) is 3.42. The van der Waals surface area contributed by atoms with Crippen LogP contribution in [0.25, 0.3) is 11.0 Å². The second kappa shape index (κ2) is 8.29. The van der Waals surface area contributed by atoms with Crippen LogP contribution in [-0.2, 0) is 6.42 Å². The van der Waals surface area contributed by atoms with Crippen molar-refractivity contribution in [1.82, 2.24) is 10.2 Å². The lowest BCUT2D eigenvalue weighted by Crippen LogP contribution is -2.36. The van der Waals surface area contributed by atoms with Gasteiger partial charge in [0.15, 0.2) is 11.2 Å². The maximum atomic E-state index is 12.7. The Morgan fingerprint density at radius 3 is 2.79 bits per heavy atom. The highest BCUT2D eigenvalue weighted by Gasteiger charge is 2.25. The Balaban J connectivity index is 1.53. The van der Waals surface area contributed by atoms with Crippen molar-refractivity contribution >= 4 is 28.2 Å². The summed E-state index contributed by atoms with van der Waals surface area (Å²) in [4.78, 5) is 28.8. The fraction of sp³-hybridized carbons (Fsp3) is 0.364. The van der Waals surface area contributed by atoms with E-state index < -0.39 is 0 Å². The molecule has 1 aromatic carbocycles. The van der Waals surface area contributed by atoms with Crippen LogP contribution in [0.3, 0.4) is 0 Å². The fourth-order valence-electron chi connectivity index (χ4n) is 3.76. The molecule has 1 atom stereocenters. The summed E-state index contributed by atoms with van der Waals surface area (Å²) < 4.78 is 5.73. The molecule has 1 amide bonds. The summed E-state index contributed by atoms with van der Waals surface area (Å²) in [6, 6.07) is 11.1. The summed E-state index contributed by atoms with van der Waals surface area (Å²) >= 11 is 1.71. The van der Waals surface area contributed by atoms with E-state index in [0.29, 0.717) is 17.5 Å². The Morgan fingerprint density at radius 1 is 1.25 bits per heavy atom. The number of aryl methyl sites for hydroxylation is 1. The number of thiophene rings is 1. The molecule has 1 aliphatic heterocycles. The van der Waals surface area contributed by atoms with Crippen LogP contribution in [0.2, 0.25) is 0 Å². The number of carbonyl (C=O) groups excluding carboxylic acids is 1. The van der Waals surface area contributed by atoms with Crippen molar-refractivity contribution in [2.75, 3.05) is 19.6 Å². The molecule has 146 valence electrons. The van der Waals surface area contributed by atoms with E-state index in [4.69, 9.17) is 4.42 Å². The quantitative estimate of drug-likeness (QED) is 0.684. The molecule has 3 aromatic rings. The Hall–Kier alpha value is -2.44. The van der Waals surface area contributed by atoms with Gasteiger partial charge in [-0.2, -0.15) is 0 Å². The lowest BCUT2D eigenvalue weighted by atomic mass is 10.1. The predicted octanol–water partition coefficient (Wildman–Crippen LogP) is 3.98. The maximum Gasteiger partial charge on any atom is 0.287 e. The molecular formula is C22H24N2O3S. The highest BCUT2D eigenvalue weighted by molar-refractivity contribution is 7.10. The first-order valence-electron chi connectivity index (χ1n) is 9.78. The third-order valence-electron chi connectivity index (χ3n) is 5.33. The summed E-state index contributed by atoms with van der Waals surface area (Å²) in [7, 11) is 0. The number of amides is 1. The SMILES string of the molecule is CCc1ccc2oc(C(=O)NC[C@@H](c3cccs3)N3CCCC3)cc(=O)c2c1. The minimum Gasteiger partial charge on any atom is -0.451 e. The van der Waals surface area contributed by atoms with Crippen LogP contribution in [0.1, 0.15) is 46.8 Å². The Labute approximate surface area is 168 Å². The van der Waals surface area contributed by atoms with Crippen LogP contribution in [0.5, 0.6) is 0 Å². The van der Waals surface area contributed by atoms with Crippen molar-refractivity contribution in [2.45, 2.75) is 32.2 Å². The molecule has 1 N–H and O–H groups in total. The van der Waals surface area contributed by atoms with Gasteiger partial charge >= 0.3 is 0 Å². The molecule has 2 aromatic heterocycles. The largest absolute Gasteiger partial charge is 0.451 e. The third kappa shape index (κ3) is 3.88. The maximum absolute atomic E-state index is 12.7. The minimum absolute atomic E-state index is 0.0631. The molecule has 0 saturated carbocycles. The first-order valence-corrected chi connectivity index (χ1v) is 10.7. The van der Waals surface area contributed by atoms with E-state index in [-0.39, 0.29) is 23.1 Å². The van der Waals surface area contributed by atoms with E-state index in [1.807, 2.05) is 25.1 Å². The molecule has 1 aliphatic rings. The lowest BCUT2D eigenvalue weighted by Gasteiger charge is -2.26. The standard InChI is InChI=1S/C22H24N2O3S/c1-2-15-7-8-19-16(12-15)18(25)13-20(27-19)22(26)23-14-17(21-6-5-11-28-21)24-9-3-4-10-24/h5-8,11-13,17H,2-4,9-10,14H2,1H3,(H,23,26)/t17-/m0/s1. The predicted molar refractivity (Wildman–Crippen MR) is 112 cm³/mol. The molecule has 28 heavy (non-hydrogen) atoms. The molecule has 4 rings (SSSR count). The zero-order valence-corrected chi connectivity index (χ0v) is 16.8. The van der Waals surface area contributed by atoms with E-state index in [0.717, 1.165) is 25.1 Å². The van der Waals surface area contributed by atoms with Crippen molar-refractivity contribution in [2.24, 2.45) is 0 Å². The number of likely N-dealkylation sites (tertiary alicyclic amines) is 1. The number of rotatable bonds is 6. The number of fused-ring (bicyclic) bond motifs is 1. The molecule has 0 aliphatic carbocycles. The molecule has 5 nitrogen and oxygen atoms in total. The van der Waals surface area contributed by atoms with Gasteiger partial charge in [0.05, 0.1) is 11.4 Å². The second-order valence-electron chi connectivity index (χ2n) is 7.14. The van der Waals surface area contributed by atoms with Gasteiger partial charge in [-0.05, 0) is 61.5 Å². The number of hydrogen-bond acceptors (Lipinski definition) is 5. The molecule has 1 saturated heterocycles. The number of hydrogen-bond donors (Lipinski definition) is 1. The van der Waals surface area contributed by atoms with Gasteiger partial charge in [0, 0.05) is 17.5 Å². The van der Waals surface area contributed by atoms with Crippen LogP contribution in [0, 0.1) is 0 Å². The van der Waals surface area contributed by atoms with Crippen molar-refractivity contribution in [3.63, 3.8) is 0 Å². The molecule has 3 heterocycles. The van der Waals surface area contributed by atoms with Gasteiger partial charge in [-0.1, -0.05) is 19.1 Å². The first-order chi connectivity index (χ1) is 13.7. The number of carbonyl (C=O) groups is 1. The highest BCUT2D eigenvalue weighted by atomic mass is 32.1. The Morgan fingerprint density at radius 2 is 2.07 bits per heavy atom. The van der Waals surface area contributed by atoms with Crippen molar-refractivity contribution in [1.29, 1.82) is 0 Å². The second-order valence-corrected chi connectivity index (χ2v) is 8.12. The van der Waals surface area contributed by atoms with Gasteiger partial charge in [-0.25, -0.2) is 0 Å². The van der Waals surface area contributed by atoms with E-state index in [1.165, 1.54) is 23.8 Å². The third-order valence-corrected chi connectivity index (χ3v) is 6.31. The Kier molecular flexibility index (Phi) is 5.59. The van der Waals surface area contributed by atoms with Gasteiger partial charge in [-0.3, -0.25) is 14.5 Å². The summed E-state index contributed by atoms with van der Waals surface area (Å²) in [5.74, 6) is -0.285. The summed E-state index contributed by atoms with van der Waals surface area (Å²) in [5, 5.41) is 5.55. The van der Waals surface area contributed by atoms with E-state index in [2.05, 4.69) is 21.7 Å². The monoisotopic (exact) mass is 396 g/mol. The van der Waals surface area contributed by atoms with E-state index >= 15 is 0 Å². The first kappa shape index (κ1) is 18.9. The topological polar surface area (TPSA) is 62.6 Å². The van der Waals surface area contributed by atoms with Gasteiger partial charge in [0.1, 0.15) is 5.58 Å². The van der Waals surface area contributed by atoms with Crippen LogP contribution in [-0.4, -0.2) is 30.4 Å². The number of benzene rings is 1. The molecule has 0 spiro atoms. The lowest BCUT2D eigenvalue weighted by molar-refractivity contribution is 0.0911. The molecule has 0 unspecified atom stereocenters. The highest BCUT2D eigenvalue weighted by Crippen LogP contribution is 2.28. The van der Waals surface area contributed by atoms with Crippen molar-refractivity contribution < 1.29 is 9.21 Å². The number of nitrogens with one attached hydrogen (secondary N) is 1. The summed E-state index contributed by atoms with van der Waals surface area (Å²) in [6.07, 6.45) is 3.22.